The molecule has 7 heteroatoms. The van der Waals surface area contributed by atoms with Gasteiger partial charge in [0.05, 0.1) is 21.5 Å². The number of rotatable bonds is 9. The van der Waals surface area contributed by atoms with E-state index in [0.717, 1.165) is 12.8 Å². The molecule has 0 aromatic heterocycles. The topological polar surface area (TPSA) is 43.4 Å². The normalized spacial score (nSPS) is 11.6. The highest BCUT2D eigenvalue weighted by atomic mass is 35.7. The Morgan fingerprint density at radius 1 is 1.00 bits per heavy atom. The van der Waals surface area contributed by atoms with Gasteiger partial charge in [-0.1, -0.05) is 62.2 Å². The van der Waals surface area contributed by atoms with Crippen LogP contribution in [0.5, 0.6) is 5.75 Å². The molecular formula is C14H19Cl3O3S. The molecule has 0 aliphatic carbocycles. The molecule has 0 atom stereocenters. The lowest BCUT2D eigenvalue weighted by Crippen LogP contribution is -2.00. The monoisotopic (exact) mass is 372 g/mol. The Morgan fingerprint density at radius 2 is 1.52 bits per heavy atom. The summed E-state index contributed by atoms with van der Waals surface area (Å²) in [4.78, 5) is -0.133. The van der Waals surface area contributed by atoms with Gasteiger partial charge in [0.25, 0.3) is 9.05 Å². The van der Waals surface area contributed by atoms with Crippen molar-refractivity contribution in [2.24, 2.45) is 0 Å². The largest absolute Gasteiger partial charge is 0.490 e. The summed E-state index contributed by atoms with van der Waals surface area (Å²) in [5.41, 5.74) is 0. The maximum Gasteiger partial charge on any atom is 0.261 e. The summed E-state index contributed by atoms with van der Waals surface area (Å²) in [6.45, 7) is 2.68. The second-order valence-electron chi connectivity index (χ2n) is 4.77. The third-order valence-electron chi connectivity index (χ3n) is 3.00. The van der Waals surface area contributed by atoms with Crippen molar-refractivity contribution in [1.82, 2.24) is 0 Å². The molecular weight excluding hydrogens is 355 g/mol. The molecule has 1 rings (SSSR count). The number of hydrogen-bond donors (Lipinski definition) is 0. The molecule has 120 valence electrons. The molecule has 0 amide bonds. The molecule has 0 aliphatic rings. The highest BCUT2D eigenvalue weighted by Gasteiger charge is 2.16. The zero-order valence-electron chi connectivity index (χ0n) is 11.9. The minimum atomic E-state index is -3.85. The summed E-state index contributed by atoms with van der Waals surface area (Å²) >= 11 is 12.0. The molecule has 0 unspecified atom stereocenters. The summed E-state index contributed by atoms with van der Waals surface area (Å²) in [6, 6.07) is 2.48. The lowest BCUT2D eigenvalue weighted by Gasteiger charge is -2.11. The van der Waals surface area contributed by atoms with Gasteiger partial charge in [0.15, 0.2) is 5.75 Å². The second kappa shape index (κ2) is 9.09. The summed E-state index contributed by atoms with van der Waals surface area (Å²) in [5.74, 6) is 0.302. The number of benzene rings is 1. The average molecular weight is 374 g/mol. The van der Waals surface area contributed by atoms with Gasteiger partial charge < -0.3 is 4.74 Å². The van der Waals surface area contributed by atoms with Crippen LogP contribution in [0, 0.1) is 0 Å². The fourth-order valence-corrected chi connectivity index (χ4v) is 3.38. The molecule has 0 radical (unpaired) electrons. The van der Waals surface area contributed by atoms with Crippen molar-refractivity contribution in [2.45, 2.75) is 50.3 Å². The lowest BCUT2D eigenvalue weighted by molar-refractivity contribution is 0.304. The Hall–Kier alpha value is -0.160. The Morgan fingerprint density at radius 3 is 2.05 bits per heavy atom. The lowest BCUT2D eigenvalue weighted by atomic mass is 10.1. The van der Waals surface area contributed by atoms with Crippen molar-refractivity contribution in [3.63, 3.8) is 0 Å². The Bertz CT molecular complexity index is 536. The van der Waals surface area contributed by atoms with Crippen LogP contribution in [0.2, 0.25) is 10.0 Å². The van der Waals surface area contributed by atoms with E-state index in [-0.39, 0.29) is 14.9 Å². The summed E-state index contributed by atoms with van der Waals surface area (Å²) < 4.78 is 28.0. The first kappa shape index (κ1) is 18.9. The van der Waals surface area contributed by atoms with Crippen molar-refractivity contribution in [3.05, 3.63) is 22.2 Å². The molecule has 0 saturated heterocycles. The number of unbranched alkanes of at least 4 members (excludes halogenated alkanes) is 5. The van der Waals surface area contributed by atoms with Crippen molar-refractivity contribution in [2.75, 3.05) is 6.61 Å². The van der Waals surface area contributed by atoms with Crippen LogP contribution in [0.1, 0.15) is 45.4 Å². The van der Waals surface area contributed by atoms with Gasteiger partial charge in [0, 0.05) is 10.7 Å². The van der Waals surface area contributed by atoms with E-state index in [1.54, 1.807) is 0 Å². The fraction of sp³-hybridized carbons (Fsp3) is 0.571. The van der Waals surface area contributed by atoms with Gasteiger partial charge >= 0.3 is 0 Å². The van der Waals surface area contributed by atoms with Crippen LogP contribution in [0.25, 0.3) is 0 Å². The van der Waals surface area contributed by atoms with Crippen LogP contribution in [-0.2, 0) is 9.05 Å². The number of ether oxygens (including phenoxy) is 1. The number of halogens is 3. The van der Waals surface area contributed by atoms with E-state index in [0.29, 0.717) is 12.4 Å². The van der Waals surface area contributed by atoms with Crippen LogP contribution < -0.4 is 4.74 Å². The zero-order chi connectivity index (χ0) is 15.9. The zero-order valence-corrected chi connectivity index (χ0v) is 15.0. The minimum absolute atomic E-state index is 0.133. The van der Waals surface area contributed by atoms with Crippen molar-refractivity contribution in [3.8, 4) is 5.75 Å². The molecule has 0 spiro atoms. The molecule has 0 aliphatic heterocycles. The Kier molecular flexibility index (Phi) is 8.17. The number of hydrogen-bond acceptors (Lipinski definition) is 3. The van der Waals surface area contributed by atoms with E-state index >= 15 is 0 Å². The molecule has 1 aromatic carbocycles. The van der Waals surface area contributed by atoms with Crippen molar-refractivity contribution in [1.29, 1.82) is 0 Å². The third-order valence-corrected chi connectivity index (χ3v) is 4.89. The first-order valence-corrected chi connectivity index (χ1v) is 9.99. The Balaban J connectivity index is 2.53. The smallest absolute Gasteiger partial charge is 0.261 e. The van der Waals surface area contributed by atoms with E-state index in [2.05, 4.69) is 6.92 Å². The average Bonchev–Trinajstić information content (AvgIpc) is 2.39. The van der Waals surface area contributed by atoms with E-state index in [9.17, 15) is 8.42 Å². The molecule has 0 saturated carbocycles. The predicted molar refractivity (Wildman–Crippen MR) is 88.4 cm³/mol. The SMILES string of the molecule is CCCCCCCCOc1c(Cl)cc(S(=O)(=O)Cl)cc1Cl. The molecule has 21 heavy (non-hydrogen) atoms. The van der Waals surface area contributed by atoms with E-state index in [1.807, 2.05) is 0 Å². The summed E-state index contributed by atoms with van der Waals surface area (Å²) in [5, 5.41) is 0.292. The fourth-order valence-electron chi connectivity index (χ4n) is 1.87. The minimum Gasteiger partial charge on any atom is -0.490 e. The van der Waals surface area contributed by atoms with Gasteiger partial charge in [-0.3, -0.25) is 0 Å². The Labute approximate surface area is 141 Å². The van der Waals surface area contributed by atoms with E-state index in [4.69, 9.17) is 38.6 Å². The van der Waals surface area contributed by atoms with Crippen LogP contribution in [0.15, 0.2) is 17.0 Å². The predicted octanol–water partition coefficient (Wildman–Crippen LogP) is 5.66. The van der Waals surface area contributed by atoms with Gasteiger partial charge in [0.2, 0.25) is 0 Å². The van der Waals surface area contributed by atoms with Gasteiger partial charge in [-0.05, 0) is 18.6 Å². The van der Waals surface area contributed by atoms with Gasteiger partial charge in [0.1, 0.15) is 0 Å². The molecule has 0 fully saturated rings. The highest BCUT2D eigenvalue weighted by molar-refractivity contribution is 8.13. The quantitative estimate of drug-likeness (QED) is 0.414. The highest BCUT2D eigenvalue weighted by Crippen LogP contribution is 2.36. The maximum absolute atomic E-state index is 11.2. The van der Waals surface area contributed by atoms with E-state index < -0.39 is 9.05 Å². The van der Waals surface area contributed by atoms with Crippen LogP contribution in [-0.4, -0.2) is 15.0 Å². The third kappa shape index (κ3) is 6.64. The first-order valence-electron chi connectivity index (χ1n) is 6.92. The van der Waals surface area contributed by atoms with E-state index in [1.165, 1.54) is 37.8 Å². The first-order chi connectivity index (χ1) is 9.86. The van der Waals surface area contributed by atoms with Crippen LogP contribution in [0.4, 0.5) is 0 Å². The van der Waals surface area contributed by atoms with Crippen molar-refractivity contribution >= 4 is 42.9 Å². The van der Waals surface area contributed by atoms with Gasteiger partial charge in [-0.25, -0.2) is 8.42 Å². The standard InChI is InChI=1S/C14H19Cl3O3S/c1-2-3-4-5-6-7-8-20-14-12(15)9-11(10-13(14)16)21(17,18)19/h9-10H,2-8H2,1H3. The van der Waals surface area contributed by atoms with Crippen molar-refractivity contribution < 1.29 is 13.2 Å². The van der Waals surface area contributed by atoms with Gasteiger partial charge in [-0.2, -0.15) is 0 Å². The molecule has 0 bridgehead atoms. The molecule has 1 aromatic rings. The van der Waals surface area contributed by atoms with Crippen LogP contribution in [0.3, 0.4) is 0 Å². The second-order valence-corrected chi connectivity index (χ2v) is 8.15. The summed E-state index contributed by atoms with van der Waals surface area (Å²) in [6.07, 6.45) is 6.89. The van der Waals surface area contributed by atoms with Gasteiger partial charge in [-0.15, -0.1) is 0 Å². The molecule has 0 N–H and O–H groups in total. The maximum atomic E-state index is 11.2. The molecule has 0 heterocycles. The molecule has 3 nitrogen and oxygen atoms in total. The van der Waals surface area contributed by atoms with Crippen LogP contribution >= 0.6 is 33.9 Å². The summed E-state index contributed by atoms with van der Waals surface area (Å²) in [7, 11) is 1.40.